The molecule has 0 heterocycles. The summed E-state index contributed by atoms with van der Waals surface area (Å²) < 4.78 is 10.7. The second kappa shape index (κ2) is 8.68. The minimum Gasteiger partial charge on any atom is -0.494 e. The van der Waals surface area contributed by atoms with E-state index in [1.807, 2.05) is 38.1 Å². The number of amides is 1. The molecular formula is C18H20N2O5. The van der Waals surface area contributed by atoms with Crippen LogP contribution >= 0.6 is 0 Å². The van der Waals surface area contributed by atoms with Crippen LogP contribution < -0.4 is 14.8 Å². The van der Waals surface area contributed by atoms with Gasteiger partial charge in [-0.2, -0.15) is 0 Å². The fraction of sp³-hybridized carbons (Fsp3) is 0.278. The molecule has 2 aromatic carbocycles. The smallest absolute Gasteiger partial charge is 0.269 e. The molecule has 0 aliphatic heterocycles. The highest BCUT2D eigenvalue weighted by molar-refractivity contribution is 5.78. The monoisotopic (exact) mass is 344 g/mol. The number of nitro benzene ring substituents is 1. The number of ether oxygens (including phenoxy) is 2. The highest BCUT2D eigenvalue weighted by Gasteiger charge is 2.11. The Labute approximate surface area is 145 Å². The average Bonchev–Trinajstić information content (AvgIpc) is 2.61. The molecule has 132 valence electrons. The second-order valence-corrected chi connectivity index (χ2v) is 5.33. The fourth-order valence-electron chi connectivity index (χ4n) is 2.20. The summed E-state index contributed by atoms with van der Waals surface area (Å²) in [6.45, 7) is 4.23. The van der Waals surface area contributed by atoms with Gasteiger partial charge in [0.2, 0.25) is 0 Å². The van der Waals surface area contributed by atoms with Crippen molar-refractivity contribution >= 4 is 11.6 Å². The molecule has 1 amide bonds. The van der Waals surface area contributed by atoms with Gasteiger partial charge in [-0.25, -0.2) is 0 Å². The quantitative estimate of drug-likeness (QED) is 0.586. The van der Waals surface area contributed by atoms with E-state index in [-0.39, 0.29) is 24.2 Å². The van der Waals surface area contributed by atoms with Crippen LogP contribution in [0.1, 0.15) is 25.5 Å². The molecule has 25 heavy (non-hydrogen) atoms. The number of nitro groups is 1. The van der Waals surface area contributed by atoms with Crippen LogP contribution in [0.25, 0.3) is 0 Å². The second-order valence-electron chi connectivity index (χ2n) is 5.33. The molecule has 7 nitrogen and oxygen atoms in total. The zero-order valence-corrected chi connectivity index (χ0v) is 14.1. The molecule has 0 radical (unpaired) electrons. The molecule has 0 bridgehead atoms. The Morgan fingerprint density at radius 1 is 1.08 bits per heavy atom. The highest BCUT2D eigenvalue weighted by atomic mass is 16.6. The summed E-state index contributed by atoms with van der Waals surface area (Å²) in [5.74, 6) is 0.903. The normalized spacial score (nSPS) is 11.4. The molecule has 1 N–H and O–H groups in total. The Hall–Kier alpha value is -3.09. The molecular weight excluding hydrogens is 324 g/mol. The van der Waals surface area contributed by atoms with Crippen LogP contribution in [0, 0.1) is 10.1 Å². The number of nitrogens with zero attached hydrogens (tertiary/aromatic N) is 1. The first kappa shape index (κ1) is 18.3. The molecule has 7 heteroatoms. The zero-order chi connectivity index (χ0) is 18.2. The third-order valence-corrected chi connectivity index (χ3v) is 3.49. The predicted molar refractivity (Wildman–Crippen MR) is 92.8 cm³/mol. The first-order valence-corrected chi connectivity index (χ1v) is 7.89. The van der Waals surface area contributed by atoms with E-state index in [2.05, 4.69) is 5.32 Å². The minimum atomic E-state index is -0.491. The van der Waals surface area contributed by atoms with Crippen LogP contribution in [-0.4, -0.2) is 24.0 Å². The van der Waals surface area contributed by atoms with Crippen molar-refractivity contribution < 1.29 is 19.2 Å². The maximum atomic E-state index is 12.0. The van der Waals surface area contributed by atoms with Gasteiger partial charge in [0.25, 0.3) is 11.6 Å². The van der Waals surface area contributed by atoms with Gasteiger partial charge in [-0.05, 0) is 43.7 Å². The number of rotatable bonds is 8. The van der Waals surface area contributed by atoms with E-state index in [0.717, 1.165) is 11.3 Å². The van der Waals surface area contributed by atoms with Gasteiger partial charge in [0, 0.05) is 12.1 Å². The molecule has 0 spiro atoms. The Bertz CT molecular complexity index is 713. The number of carbonyl (C=O) groups excluding carboxylic acids is 1. The van der Waals surface area contributed by atoms with Gasteiger partial charge in [0.1, 0.15) is 11.5 Å². The lowest BCUT2D eigenvalue weighted by Crippen LogP contribution is -2.31. The van der Waals surface area contributed by atoms with E-state index in [0.29, 0.717) is 12.4 Å². The lowest BCUT2D eigenvalue weighted by Gasteiger charge is -2.15. The van der Waals surface area contributed by atoms with Gasteiger partial charge in [-0.1, -0.05) is 12.1 Å². The molecule has 1 atom stereocenters. The summed E-state index contributed by atoms with van der Waals surface area (Å²) >= 11 is 0. The number of benzene rings is 2. The average molecular weight is 344 g/mol. The third kappa shape index (κ3) is 5.49. The molecule has 0 aromatic heterocycles. The standard InChI is InChI=1S/C18H20N2O5/c1-3-24-16-8-4-14(5-9-16)13(2)19-18(21)12-25-17-10-6-15(7-11-17)20(22)23/h4-11,13H,3,12H2,1-2H3,(H,19,21). The van der Waals surface area contributed by atoms with Crippen LogP contribution in [0.4, 0.5) is 5.69 Å². The Kier molecular flexibility index (Phi) is 6.33. The number of hydrogen-bond donors (Lipinski definition) is 1. The van der Waals surface area contributed by atoms with Crippen molar-refractivity contribution in [2.75, 3.05) is 13.2 Å². The molecule has 0 saturated carbocycles. The molecule has 0 aliphatic carbocycles. The van der Waals surface area contributed by atoms with E-state index < -0.39 is 4.92 Å². The first-order valence-electron chi connectivity index (χ1n) is 7.89. The van der Waals surface area contributed by atoms with Gasteiger partial charge >= 0.3 is 0 Å². The SMILES string of the molecule is CCOc1ccc(C(C)NC(=O)COc2ccc([N+](=O)[O-])cc2)cc1. The number of carbonyl (C=O) groups is 1. The molecule has 2 rings (SSSR count). The lowest BCUT2D eigenvalue weighted by atomic mass is 10.1. The number of nitrogens with one attached hydrogen (secondary N) is 1. The van der Waals surface area contributed by atoms with Crippen molar-refractivity contribution in [3.63, 3.8) is 0 Å². The maximum absolute atomic E-state index is 12.0. The van der Waals surface area contributed by atoms with Gasteiger partial charge in [-0.15, -0.1) is 0 Å². The Morgan fingerprint density at radius 2 is 1.64 bits per heavy atom. The highest BCUT2D eigenvalue weighted by Crippen LogP contribution is 2.19. The number of hydrogen-bond acceptors (Lipinski definition) is 5. The van der Waals surface area contributed by atoms with Crippen LogP contribution in [0.15, 0.2) is 48.5 Å². The summed E-state index contributed by atoms with van der Waals surface area (Å²) in [5.41, 5.74) is 0.924. The summed E-state index contributed by atoms with van der Waals surface area (Å²) in [4.78, 5) is 22.1. The minimum absolute atomic E-state index is 0.0269. The zero-order valence-electron chi connectivity index (χ0n) is 14.1. The van der Waals surface area contributed by atoms with Crippen molar-refractivity contribution in [2.24, 2.45) is 0 Å². The fourth-order valence-corrected chi connectivity index (χ4v) is 2.20. The van der Waals surface area contributed by atoms with Gasteiger partial charge in [-0.3, -0.25) is 14.9 Å². The summed E-state index contributed by atoms with van der Waals surface area (Å²) in [7, 11) is 0. The third-order valence-electron chi connectivity index (χ3n) is 3.49. The topological polar surface area (TPSA) is 90.7 Å². The number of non-ortho nitro benzene ring substituents is 1. The summed E-state index contributed by atoms with van der Waals surface area (Å²) in [6, 6.07) is 12.9. The van der Waals surface area contributed by atoms with Crippen LogP contribution in [0.5, 0.6) is 11.5 Å². The van der Waals surface area contributed by atoms with Crippen molar-refractivity contribution in [3.8, 4) is 11.5 Å². The van der Waals surface area contributed by atoms with Gasteiger partial charge in [0.15, 0.2) is 6.61 Å². The van der Waals surface area contributed by atoms with Crippen LogP contribution in [-0.2, 0) is 4.79 Å². The molecule has 0 saturated heterocycles. The maximum Gasteiger partial charge on any atom is 0.269 e. The Balaban J connectivity index is 1.83. The van der Waals surface area contributed by atoms with Crippen molar-refractivity contribution in [1.82, 2.24) is 5.32 Å². The van der Waals surface area contributed by atoms with Crippen molar-refractivity contribution in [3.05, 3.63) is 64.2 Å². The van der Waals surface area contributed by atoms with E-state index >= 15 is 0 Å². The Morgan fingerprint density at radius 3 is 2.20 bits per heavy atom. The van der Waals surface area contributed by atoms with E-state index in [9.17, 15) is 14.9 Å². The molecule has 2 aromatic rings. The van der Waals surface area contributed by atoms with Gasteiger partial charge in [0.05, 0.1) is 17.6 Å². The van der Waals surface area contributed by atoms with Crippen molar-refractivity contribution in [2.45, 2.75) is 19.9 Å². The lowest BCUT2D eigenvalue weighted by molar-refractivity contribution is -0.384. The molecule has 1 unspecified atom stereocenters. The summed E-state index contributed by atoms with van der Waals surface area (Å²) in [6.07, 6.45) is 0. The summed E-state index contributed by atoms with van der Waals surface area (Å²) in [5, 5.41) is 13.4. The van der Waals surface area contributed by atoms with E-state index in [1.165, 1.54) is 24.3 Å². The van der Waals surface area contributed by atoms with Crippen LogP contribution in [0.2, 0.25) is 0 Å². The largest absolute Gasteiger partial charge is 0.494 e. The van der Waals surface area contributed by atoms with Gasteiger partial charge < -0.3 is 14.8 Å². The first-order chi connectivity index (χ1) is 12.0. The molecule has 0 fully saturated rings. The predicted octanol–water partition coefficient (Wildman–Crippen LogP) is 3.25. The van der Waals surface area contributed by atoms with E-state index in [4.69, 9.17) is 9.47 Å². The van der Waals surface area contributed by atoms with Crippen molar-refractivity contribution in [1.29, 1.82) is 0 Å². The molecule has 0 aliphatic rings. The van der Waals surface area contributed by atoms with Crippen LogP contribution in [0.3, 0.4) is 0 Å². The van der Waals surface area contributed by atoms with E-state index in [1.54, 1.807) is 0 Å².